The summed E-state index contributed by atoms with van der Waals surface area (Å²) >= 11 is 6.11. The zero-order valence-corrected chi connectivity index (χ0v) is 14.9. The molecule has 0 saturated heterocycles. The van der Waals surface area contributed by atoms with Gasteiger partial charge in [0.1, 0.15) is 0 Å². The zero-order valence-electron chi connectivity index (χ0n) is 13.3. The number of hydrogen-bond acceptors (Lipinski definition) is 3. The Morgan fingerprint density at radius 2 is 2.00 bits per heavy atom. The summed E-state index contributed by atoms with van der Waals surface area (Å²) in [6.07, 6.45) is 3.74. The SMILES string of the molecule is CC(=O)Nc1ccc(NC(=O)C2CCCCC2(C)N)cc1Cl.Cl. The number of amides is 2. The molecule has 5 nitrogen and oxygen atoms in total. The van der Waals surface area contributed by atoms with Crippen molar-refractivity contribution in [2.75, 3.05) is 10.6 Å². The summed E-state index contributed by atoms with van der Waals surface area (Å²) < 4.78 is 0. The first-order valence-corrected chi connectivity index (χ1v) is 7.84. The molecule has 7 heteroatoms. The molecular weight excluding hydrogens is 337 g/mol. The van der Waals surface area contributed by atoms with Gasteiger partial charge in [0.25, 0.3) is 0 Å². The minimum absolute atomic E-state index is 0. The molecule has 0 spiro atoms. The average Bonchev–Trinajstić information content (AvgIpc) is 2.40. The molecule has 1 aliphatic rings. The molecule has 1 aromatic carbocycles. The largest absolute Gasteiger partial charge is 0.326 e. The quantitative estimate of drug-likeness (QED) is 0.771. The van der Waals surface area contributed by atoms with Gasteiger partial charge in [-0.1, -0.05) is 24.4 Å². The lowest BCUT2D eigenvalue weighted by atomic mass is 9.74. The Morgan fingerprint density at radius 3 is 2.57 bits per heavy atom. The van der Waals surface area contributed by atoms with Crippen molar-refractivity contribution in [2.45, 2.75) is 45.1 Å². The van der Waals surface area contributed by atoms with Crippen LogP contribution in [0.1, 0.15) is 39.5 Å². The van der Waals surface area contributed by atoms with E-state index in [1.54, 1.807) is 18.2 Å². The second-order valence-corrected chi connectivity index (χ2v) is 6.58. The summed E-state index contributed by atoms with van der Waals surface area (Å²) in [4.78, 5) is 23.5. The number of nitrogens with two attached hydrogens (primary N) is 1. The minimum Gasteiger partial charge on any atom is -0.326 e. The summed E-state index contributed by atoms with van der Waals surface area (Å²) in [5, 5.41) is 5.88. The number of anilines is 2. The highest BCUT2D eigenvalue weighted by Gasteiger charge is 2.37. The molecule has 128 valence electrons. The predicted molar refractivity (Wildman–Crippen MR) is 96.2 cm³/mol. The van der Waals surface area contributed by atoms with Crippen LogP contribution in [0.15, 0.2) is 18.2 Å². The van der Waals surface area contributed by atoms with E-state index >= 15 is 0 Å². The standard InChI is InChI=1S/C16H22ClN3O2.ClH/c1-10(21)19-14-7-6-11(9-13(14)17)20-15(22)12-5-3-4-8-16(12,2)18;/h6-7,9,12H,3-5,8,18H2,1-2H3,(H,19,21)(H,20,22);1H. The van der Waals surface area contributed by atoms with Crippen molar-refractivity contribution in [1.29, 1.82) is 0 Å². The van der Waals surface area contributed by atoms with Crippen molar-refractivity contribution in [2.24, 2.45) is 11.7 Å². The molecule has 0 aromatic heterocycles. The lowest BCUT2D eigenvalue weighted by Crippen LogP contribution is -2.51. The number of nitrogens with one attached hydrogen (secondary N) is 2. The van der Waals surface area contributed by atoms with Crippen molar-refractivity contribution in [1.82, 2.24) is 0 Å². The topological polar surface area (TPSA) is 84.2 Å². The molecule has 0 heterocycles. The smallest absolute Gasteiger partial charge is 0.229 e. The van der Waals surface area contributed by atoms with E-state index in [1.807, 2.05) is 6.92 Å². The molecule has 2 unspecified atom stereocenters. The monoisotopic (exact) mass is 359 g/mol. The van der Waals surface area contributed by atoms with Crippen molar-refractivity contribution in [3.63, 3.8) is 0 Å². The van der Waals surface area contributed by atoms with Crippen molar-refractivity contribution in [3.05, 3.63) is 23.2 Å². The van der Waals surface area contributed by atoms with E-state index in [1.165, 1.54) is 6.92 Å². The molecule has 0 aliphatic heterocycles. The van der Waals surface area contributed by atoms with Crippen LogP contribution in [0.2, 0.25) is 5.02 Å². The van der Waals surface area contributed by atoms with Gasteiger partial charge in [0.15, 0.2) is 0 Å². The van der Waals surface area contributed by atoms with E-state index in [9.17, 15) is 9.59 Å². The van der Waals surface area contributed by atoms with Gasteiger partial charge in [-0.05, 0) is 38.0 Å². The lowest BCUT2D eigenvalue weighted by molar-refractivity contribution is -0.122. The summed E-state index contributed by atoms with van der Waals surface area (Å²) in [5.41, 5.74) is 6.91. The maximum atomic E-state index is 12.5. The van der Waals surface area contributed by atoms with E-state index in [2.05, 4.69) is 10.6 Å². The molecule has 2 atom stereocenters. The molecule has 0 bridgehead atoms. The van der Waals surface area contributed by atoms with Crippen LogP contribution in [-0.4, -0.2) is 17.4 Å². The third-order valence-electron chi connectivity index (χ3n) is 4.12. The second kappa shape index (κ2) is 7.99. The average molecular weight is 360 g/mol. The fourth-order valence-corrected chi connectivity index (χ4v) is 3.13. The Hall–Kier alpha value is -1.30. The summed E-state index contributed by atoms with van der Waals surface area (Å²) in [5.74, 6) is -0.470. The summed E-state index contributed by atoms with van der Waals surface area (Å²) in [7, 11) is 0. The Bertz CT molecular complexity index is 591. The lowest BCUT2D eigenvalue weighted by Gasteiger charge is -2.37. The highest BCUT2D eigenvalue weighted by molar-refractivity contribution is 6.34. The zero-order chi connectivity index (χ0) is 16.3. The van der Waals surface area contributed by atoms with Crippen molar-refractivity contribution < 1.29 is 9.59 Å². The summed E-state index contributed by atoms with van der Waals surface area (Å²) in [6, 6.07) is 5.01. The minimum atomic E-state index is -0.470. The van der Waals surface area contributed by atoms with Crippen LogP contribution in [0.25, 0.3) is 0 Å². The molecular formula is C16H23Cl2N3O2. The van der Waals surface area contributed by atoms with Crippen molar-refractivity contribution in [3.8, 4) is 0 Å². The van der Waals surface area contributed by atoms with Crippen LogP contribution in [0.4, 0.5) is 11.4 Å². The van der Waals surface area contributed by atoms with Gasteiger partial charge in [0.2, 0.25) is 11.8 Å². The van der Waals surface area contributed by atoms with Crippen LogP contribution in [-0.2, 0) is 9.59 Å². The number of hydrogen-bond donors (Lipinski definition) is 3. The maximum Gasteiger partial charge on any atom is 0.229 e. The normalized spacial score (nSPS) is 23.6. The van der Waals surface area contributed by atoms with Crippen LogP contribution < -0.4 is 16.4 Å². The third-order valence-corrected chi connectivity index (χ3v) is 4.43. The predicted octanol–water partition coefficient (Wildman–Crippen LogP) is 3.57. The third kappa shape index (κ3) is 5.09. The van der Waals surface area contributed by atoms with Gasteiger partial charge >= 0.3 is 0 Å². The van der Waals surface area contributed by atoms with Crippen LogP contribution in [0.3, 0.4) is 0 Å². The molecule has 0 radical (unpaired) electrons. The molecule has 1 saturated carbocycles. The fourth-order valence-electron chi connectivity index (χ4n) is 2.90. The highest BCUT2D eigenvalue weighted by atomic mass is 35.5. The van der Waals surface area contributed by atoms with E-state index in [0.29, 0.717) is 16.4 Å². The molecule has 2 rings (SSSR count). The van der Waals surface area contributed by atoms with Gasteiger partial charge in [-0.25, -0.2) is 0 Å². The second-order valence-electron chi connectivity index (χ2n) is 6.17. The summed E-state index contributed by atoms with van der Waals surface area (Å²) in [6.45, 7) is 3.35. The molecule has 1 aliphatic carbocycles. The number of carbonyl (C=O) groups excluding carboxylic acids is 2. The Morgan fingerprint density at radius 1 is 1.30 bits per heavy atom. The van der Waals surface area contributed by atoms with Crippen LogP contribution >= 0.6 is 24.0 Å². The Labute approximate surface area is 147 Å². The van der Waals surface area contributed by atoms with Gasteiger partial charge in [-0.2, -0.15) is 0 Å². The highest BCUT2D eigenvalue weighted by Crippen LogP contribution is 2.33. The molecule has 1 aromatic rings. The van der Waals surface area contributed by atoms with Gasteiger partial charge in [0, 0.05) is 18.2 Å². The van der Waals surface area contributed by atoms with Gasteiger partial charge in [-0.15, -0.1) is 12.4 Å². The Kier molecular flexibility index (Phi) is 6.86. The van der Waals surface area contributed by atoms with E-state index in [0.717, 1.165) is 25.7 Å². The number of carbonyl (C=O) groups is 2. The van der Waals surface area contributed by atoms with E-state index < -0.39 is 5.54 Å². The Balaban J connectivity index is 0.00000264. The van der Waals surface area contributed by atoms with Crippen LogP contribution in [0, 0.1) is 5.92 Å². The van der Waals surface area contributed by atoms with E-state index in [-0.39, 0.29) is 30.1 Å². The molecule has 23 heavy (non-hydrogen) atoms. The first-order chi connectivity index (χ1) is 10.3. The van der Waals surface area contributed by atoms with Crippen molar-refractivity contribution >= 4 is 47.2 Å². The maximum absolute atomic E-state index is 12.5. The van der Waals surface area contributed by atoms with Gasteiger partial charge in [0.05, 0.1) is 16.6 Å². The van der Waals surface area contributed by atoms with Gasteiger partial charge < -0.3 is 16.4 Å². The van der Waals surface area contributed by atoms with Gasteiger partial charge in [-0.3, -0.25) is 9.59 Å². The first kappa shape index (κ1) is 19.7. The molecule has 1 fully saturated rings. The van der Waals surface area contributed by atoms with Crippen LogP contribution in [0.5, 0.6) is 0 Å². The number of halogens is 2. The van der Waals surface area contributed by atoms with E-state index in [4.69, 9.17) is 17.3 Å². The molecule has 4 N–H and O–H groups in total. The fraction of sp³-hybridized carbons (Fsp3) is 0.500. The first-order valence-electron chi connectivity index (χ1n) is 7.46. The number of rotatable bonds is 3. The number of benzene rings is 1. The molecule has 2 amide bonds.